The lowest BCUT2D eigenvalue weighted by Gasteiger charge is -2.22. The second-order valence-corrected chi connectivity index (χ2v) is 4.47. The van der Waals surface area contributed by atoms with Crippen molar-refractivity contribution in [1.29, 1.82) is 0 Å². The molecule has 2 heterocycles. The van der Waals surface area contributed by atoms with Gasteiger partial charge in [-0.2, -0.15) is 0 Å². The highest BCUT2D eigenvalue weighted by molar-refractivity contribution is 5.48. The van der Waals surface area contributed by atoms with E-state index in [1.807, 2.05) is 0 Å². The van der Waals surface area contributed by atoms with Gasteiger partial charge in [0.25, 0.3) is 5.69 Å². The highest BCUT2D eigenvalue weighted by Crippen LogP contribution is 2.28. The predicted octanol–water partition coefficient (Wildman–Crippen LogP) is 1.16. The molecule has 0 amide bonds. The van der Waals surface area contributed by atoms with Gasteiger partial charge in [-0.15, -0.1) is 0 Å². The van der Waals surface area contributed by atoms with Gasteiger partial charge in [0, 0.05) is 24.8 Å². The molecule has 1 saturated heterocycles. The number of pyridine rings is 1. The molecule has 0 bridgehead atoms. The number of nitrogens with two attached hydrogens (primary N) is 1. The van der Waals surface area contributed by atoms with Crippen LogP contribution in [0.25, 0.3) is 0 Å². The average Bonchev–Trinajstić information content (AvgIpc) is 2.71. The van der Waals surface area contributed by atoms with Gasteiger partial charge in [-0.25, -0.2) is 4.98 Å². The quantitative estimate of drug-likeness (QED) is 0.628. The first-order chi connectivity index (χ1) is 8.11. The summed E-state index contributed by atoms with van der Waals surface area (Å²) in [5.74, 6) is 1.12. The van der Waals surface area contributed by atoms with Gasteiger partial charge in [0.2, 0.25) is 0 Å². The van der Waals surface area contributed by atoms with Crippen LogP contribution in [0.3, 0.4) is 0 Å². The van der Waals surface area contributed by atoms with E-state index in [1.165, 1.54) is 18.3 Å². The molecule has 0 radical (unpaired) electrons. The van der Waals surface area contributed by atoms with Crippen LogP contribution in [-0.4, -0.2) is 29.0 Å². The maximum absolute atomic E-state index is 10.7. The molecule has 1 aromatic heterocycles. The zero-order valence-corrected chi connectivity index (χ0v) is 9.74. The molecule has 1 aliphatic heterocycles. The molecular weight excluding hydrogens is 220 g/mol. The first-order valence-electron chi connectivity index (χ1n) is 5.69. The van der Waals surface area contributed by atoms with Gasteiger partial charge < -0.3 is 10.6 Å². The summed E-state index contributed by atoms with van der Waals surface area (Å²) in [5, 5.41) is 10.7. The Balaban J connectivity index is 2.22. The van der Waals surface area contributed by atoms with Crippen LogP contribution in [0.5, 0.6) is 0 Å². The zero-order chi connectivity index (χ0) is 12.4. The Hall–Kier alpha value is -1.69. The van der Waals surface area contributed by atoms with E-state index >= 15 is 0 Å². The SMILES string of the molecule is CC1CC(CN)CN1c1cc([N+](=O)[O-])ccn1. The fraction of sp³-hybridized carbons (Fsp3) is 0.545. The maximum Gasteiger partial charge on any atom is 0.274 e. The molecule has 0 aliphatic carbocycles. The summed E-state index contributed by atoms with van der Waals surface area (Å²) < 4.78 is 0. The number of anilines is 1. The van der Waals surface area contributed by atoms with Gasteiger partial charge in [-0.3, -0.25) is 10.1 Å². The normalized spacial score (nSPS) is 24.0. The summed E-state index contributed by atoms with van der Waals surface area (Å²) in [6, 6.07) is 3.26. The number of rotatable bonds is 3. The van der Waals surface area contributed by atoms with Crippen LogP contribution in [0, 0.1) is 16.0 Å². The van der Waals surface area contributed by atoms with E-state index in [1.54, 1.807) is 0 Å². The molecule has 1 aliphatic rings. The van der Waals surface area contributed by atoms with E-state index in [0.717, 1.165) is 13.0 Å². The van der Waals surface area contributed by atoms with Crippen LogP contribution in [0.4, 0.5) is 11.5 Å². The summed E-state index contributed by atoms with van der Waals surface area (Å²) in [4.78, 5) is 16.6. The Kier molecular flexibility index (Phi) is 3.23. The third kappa shape index (κ3) is 2.36. The summed E-state index contributed by atoms with van der Waals surface area (Å²) in [6.45, 7) is 3.57. The van der Waals surface area contributed by atoms with Crippen LogP contribution >= 0.6 is 0 Å². The molecule has 1 aromatic rings. The monoisotopic (exact) mass is 236 g/mol. The van der Waals surface area contributed by atoms with Gasteiger partial charge in [0.05, 0.1) is 11.0 Å². The summed E-state index contributed by atoms with van der Waals surface area (Å²) in [6.07, 6.45) is 2.50. The van der Waals surface area contributed by atoms with Crippen molar-refractivity contribution in [2.75, 3.05) is 18.0 Å². The molecule has 2 N–H and O–H groups in total. The van der Waals surface area contributed by atoms with E-state index in [9.17, 15) is 10.1 Å². The molecule has 2 unspecified atom stereocenters. The standard InChI is InChI=1S/C11H16N4O2/c1-8-4-9(6-12)7-14(8)11-5-10(15(16)17)2-3-13-11/h2-3,5,8-9H,4,6-7,12H2,1H3. The van der Waals surface area contributed by atoms with Crippen LogP contribution in [-0.2, 0) is 0 Å². The molecule has 17 heavy (non-hydrogen) atoms. The zero-order valence-electron chi connectivity index (χ0n) is 9.74. The van der Waals surface area contributed by atoms with Crippen molar-refractivity contribution in [1.82, 2.24) is 4.98 Å². The van der Waals surface area contributed by atoms with Crippen LogP contribution in [0.1, 0.15) is 13.3 Å². The molecular formula is C11H16N4O2. The van der Waals surface area contributed by atoms with Gasteiger partial charge >= 0.3 is 0 Å². The highest BCUT2D eigenvalue weighted by atomic mass is 16.6. The largest absolute Gasteiger partial charge is 0.353 e. The number of nitrogens with zero attached hydrogens (tertiary/aromatic N) is 3. The molecule has 0 aromatic carbocycles. The second kappa shape index (κ2) is 4.67. The topological polar surface area (TPSA) is 85.3 Å². The molecule has 6 nitrogen and oxygen atoms in total. The minimum Gasteiger partial charge on any atom is -0.353 e. The third-order valence-corrected chi connectivity index (χ3v) is 3.23. The van der Waals surface area contributed by atoms with E-state index in [-0.39, 0.29) is 5.69 Å². The maximum atomic E-state index is 10.7. The summed E-state index contributed by atoms with van der Waals surface area (Å²) >= 11 is 0. The number of nitro groups is 1. The van der Waals surface area contributed by atoms with Crippen molar-refractivity contribution in [3.8, 4) is 0 Å². The lowest BCUT2D eigenvalue weighted by atomic mass is 10.1. The van der Waals surface area contributed by atoms with Crippen LogP contribution in [0.15, 0.2) is 18.3 Å². The van der Waals surface area contributed by atoms with Gasteiger partial charge in [0.15, 0.2) is 0 Å². The number of aromatic nitrogens is 1. The first-order valence-corrected chi connectivity index (χ1v) is 5.69. The second-order valence-electron chi connectivity index (χ2n) is 4.47. The fourth-order valence-corrected chi connectivity index (χ4v) is 2.31. The van der Waals surface area contributed by atoms with Crippen molar-refractivity contribution >= 4 is 11.5 Å². The Morgan fingerprint density at radius 3 is 3.06 bits per heavy atom. The van der Waals surface area contributed by atoms with Gasteiger partial charge in [-0.05, 0) is 25.8 Å². The van der Waals surface area contributed by atoms with Gasteiger partial charge in [0.1, 0.15) is 5.82 Å². The van der Waals surface area contributed by atoms with Crippen molar-refractivity contribution in [2.45, 2.75) is 19.4 Å². The van der Waals surface area contributed by atoms with Crippen molar-refractivity contribution in [3.63, 3.8) is 0 Å². The van der Waals surface area contributed by atoms with Crippen molar-refractivity contribution in [3.05, 3.63) is 28.4 Å². The molecule has 1 fully saturated rings. The molecule has 2 rings (SSSR count). The van der Waals surface area contributed by atoms with Crippen LogP contribution < -0.4 is 10.6 Å². The van der Waals surface area contributed by atoms with Crippen molar-refractivity contribution < 1.29 is 4.92 Å². The summed E-state index contributed by atoms with van der Waals surface area (Å²) in [7, 11) is 0. The Morgan fingerprint density at radius 1 is 1.71 bits per heavy atom. The third-order valence-electron chi connectivity index (χ3n) is 3.23. The van der Waals surface area contributed by atoms with E-state index < -0.39 is 4.92 Å². The van der Waals surface area contributed by atoms with Gasteiger partial charge in [-0.1, -0.05) is 0 Å². The van der Waals surface area contributed by atoms with Crippen LogP contribution in [0.2, 0.25) is 0 Å². The Labute approximate surface area is 99.6 Å². The molecule has 0 spiro atoms. The smallest absolute Gasteiger partial charge is 0.274 e. The number of hydrogen-bond donors (Lipinski definition) is 1. The van der Waals surface area contributed by atoms with Crippen molar-refractivity contribution in [2.24, 2.45) is 11.7 Å². The molecule has 2 atom stereocenters. The predicted molar refractivity (Wildman–Crippen MR) is 64.9 cm³/mol. The van der Waals surface area contributed by atoms with E-state index in [0.29, 0.717) is 24.3 Å². The fourth-order valence-electron chi connectivity index (χ4n) is 2.31. The summed E-state index contributed by atoms with van der Waals surface area (Å²) in [5.41, 5.74) is 5.74. The Morgan fingerprint density at radius 2 is 2.47 bits per heavy atom. The van der Waals surface area contributed by atoms with E-state index in [2.05, 4.69) is 16.8 Å². The van der Waals surface area contributed by atoms with E-state index in [4.69, 9.17) is 5.73 Å². The minimum atomic E-state index is -0.396. The molecule has 6 heteroatoms. The average molecular weight is 236 g/mol. The lowest BCUT2D eigenvalue weighted by molar-refractivity contribution is -0.384. The minimum absolute atomic E-state index is 0.0819. The lowest BCUT2D eigenvalue weighted by Crippen LogP contribution is -2.28. The number of hydrogen-bond acceptors (Lipinski definition) is 5. The highest BCUT2D eigenvalue weighted by Gasteiger charge is 2.29. The first kappa shape index (κ1) is 11.8. The molecule has 92 valence electrons. The Bertz CT molecular complexity index is 424. The molecule has 0 saturated carbocycles.